The lowest BCUT2D eigenvalue weighted by atomic mass is 10.3. The summed E-state index contributed by atoms with van der Waals surface area (Å²) >= 11 is 0. The lowest BCUT2D eigenvalue weighted by molar-refractivity contribution is -0.385. The van der Waals surface area contributed by atoms with E-state index in [9.17, 15) is 10.1 Å². The van der Waals surface area contributed by atoms with Gasteiger partial charge < -0.3 is 9.57 Å². The van der Waals surface area contributed by atoms with Crippen LogP contribution in [-0.2, 0) is 0 Å². The van der Waals surface area contributed by atoms with Crippen LogP contribution in [0, 0.1) is 10.1 Å². The zero-order chi connectivity index (χ0) is 11.3. The second-order valence-corrected chi connectivity index (χ2v) is 2.69. The molecule has 0 aliphatic heterocycles. The molecule has 1 aromatic rings. The van der Waals surface area contributed by atoms with E-state index in [0.717, 1.165) is 0 Å². The van der Waals surface area contributed by atoms with Gasteiger partial charge in [0.2, 0.25) is 0 Å². The average molecular weight is 212 g/mol. The van der Waals surface area contributed by atoms with Gasteiger partial charge in [0.25, 0.3) is 0 Å². The summed E-state index contributed by atoms with van der Waals surface area (Å²) in [6.07, 6.45) is 0. The van der Waals surface area contributed by atoms with Crippen LogP contribution in [0.25, 0.3) is 0 Å². The van der Waals surface area contributed by atoms with E-state index in [0.29, 0.717) is 12.3 Å². The van der Waals surface area contributed by atoms with Crippen LogP contribution >= 0.6 is 0 Å². The van der Waals surface area contributed by atoms with Crippen LogP contribution in [0.1, 0.15) is 6.92 Å². The van der Waals surface area contributed by atoms with Crippen molar-refractivity contribution in [3.05, 3.63) is 28.3 Å². The number of hydrogen-bond donors (Lipinski definition) is 1. The highest BCUT2D eigenvalue weighted by molar-refractivity contribution is 5.50. The molecule has 0 saturated carbocycles. The molecule has 6 heteroatoms. The predicted molar refractivity (Wildman–Crippen MR) is 54.0 cm³/mol. The molecule has 82 valence electrons. The lowest BCUT2D eigenvalue weighted by Gasteiger charge is -2.06. The maximum Gasteiger partial charge on any atom is 0.314 e. The first-order valence-electron chi connectivity index (χ1n) is 4.41. The van der Waals surface area contributed by atoms with Crippen molar-refractivity contribution in [2.24, 2.45) is 0 Å². The third kappa shape index (κ3) is 2.81. The van der Waals surface area contributed by atoms with Gasteiger partial charge in [0, 0.05) is 6.54 Å². The van der Waals surface area contributed by atoms with Gasteiger partial charge >= 0.3 is 5.69 Å². The number of nitro benzene ring substituents is 1. The molecule has 0 aliphatic rings. The minimum Gasteiger partial charge on any atom is -0.490 e. The Morgan fingerprint density at radius 1 is 1.53 bits per heavy atom. The number of hydrogen-bond acceptors (Lipinski definition) is 5. The van der Waals surface area contributed by atoms with Crippen LogP contribution in [0.15, 0.2) is 18.2 Å². The van der Waals surface area contributed by atoms with Crippen LogP contribution in [-0.4, -0.2) is 18.6 Å². The number of rotatable bonds is 5. The van der Waals surface area contributed by atoms with Crippen molar-refractivity contribution in [3.8, 4) is 11.5 Å². The fourth-order valence-corrected chi connectivity index (χ4v) is 1.03. The van der Waals surface area contributed by atoms with Crippen LogP contribution < -0.4 is 15.1 Å². The third-order valence-electron chi connectivity index (χ3n) is 1.68. The van der Waals surface area contributed by atoms with Crippen LogP contribution in [0.2, 0.25) is 0 Å². The Morgan fingerprint density at radius 3 is 2.80 bits per heavy atom. The summed E-state index contributed by atoms with van der Waals surface area (Å²) in [5, 5.41) is 10.7. The summed E-state index contributed by atoms with van der Waals surface area (Å²) < 4.78 is 4.85. The Balaban J connectivity index is 2.94. The van der Waals surface area contributed by atoms with Crippen molar-refractivity contribution in [2.75, 3.05) is 13.7 Å². The fraction of sp³-hybridized carbons (Fsp3) is 0.333. The molecule has 0 aromatic heterocycles. The van der Waals surface area contributed by atoms with Crippen LogP contribution in [0.5, 0.6) is 11.5 Å². The van der Waals surface area contributed by atoms with Gasteiger partial charge in [-0.25, -0.2) is 0 Å². The first kappa shape index (κ1) is 11.3. The smallest absolute Gasteiger partial charge is 0.314 e. The van der Waals surface area contributed by atoms with Crippen molar-refractivity contribution in [3.63, 3.8) is 0 Å². The van der Waals surface area contributed by atoms with Crippen molar-refractivity contribution in [1.29, 1.82) is 0 Å². The first-order chi connectivity index (χ1) is 7.19. The van der Waals surface area contributed by atoms with Crippen molar-refractivity contribution >= 4 is 5.69 Å². The molecule has 0 unspecified atom stereocenters. The highest BCUT2D eigenvalue weighted by atomic mass is 16.6. The predicted octanol–water partition coefficient (Wildman–Crippen LogP) is 1.51. The second kappa shape index (κ2) is 5.16. The molecule has 0 spiro atoms. The summed E-state index contributed by atoms with van der Waals surface area (Å²) in [5.74, 6) is 0.591. The van der Waals surface area contributed by atoms with E-state index in [4.69, 9.17) is 9.57 Å². The average Bonchev–Trinajstić information content (AvgIpc) is 2.25. The van der Waals surface area contributed by atoms with E-state index < -0.39 is 4.92 Å². The molecule has 0 saturated heterocycles. The number of methoxy groups -OCH3 is 1. The molecule has 6 nitrogen and oxygen atoms in total. The van der Waals surface area contributed by atoms with Gasteiger partial charge in [-0.2, -0.15) is 5.48 Å². The third-order valence-corrected chi connectivity index (χ3v) is 1.68. The SMILES string of the molecule is CCNOc1ccc(OC)c([N+](=O)[O-])c1. The van der Waals surface area contributed by atoms with Gasteiger partial charge in [0.1, 0.15) is 0 Å². The highest BCUT2D eigenvalue weighted by Crippen LogP contribution is 2.30. The molecular formula is C9H12N2O4. The van der Waals surface area contributed by atoms with E-state index in [-0.39, 0.29) is 11.4 Å². The standard InChI is InChI=1S/C9H12N2O4/c1-3-10-15-7-4-5-9(14-2)8(6-7)11(12)13/h4-6,10H,3H2,1-2H3. The molecule has 0 bridgehead atoms. The van der Waals surface area contributed by atoms with Gasteiger partial charge in [0.15, 0.2) is 11.5 Å². The highest BCUT2D eigenvalue weighted by Gasteiger charge is 2.15. The molecule has 0 atom stereocenters. The molecule has 0 aliphatic carbocycles. The maximum atomic E-state index is 10.7. The zero-order valence-corrected chi connectivity index (χ0v) is 8.52. The van der Waals surface area contributed by atoms with Gasteiger partial charge in [-0.05, 0) is 19.1 Å². The summed E-state index contributed by atoms with van der Waals surface area (Å²) in [4.78, 5) is 15.2. The Kier molecular flexibility index (Phi) is 3.87. The number of benzene rings is 1. The maximum absolute atomic E-state index is 10.7. The molecule has 0 fully saturated rings. The summed E-state index contributed by atoms with van der Waals surface area (Å²) in [7, 11) is 1.38. The van der Waals surface area contributed by atoms with E-state index in [1.54, 1.807) is 6.07 Å². The van der Waals surface area contributed by atoms with Crippen LogP contribution in [0.3, 0.4) is 0 Å². The minimum atomic E-state index is -0.516. The normalized spacial score (nSPS) is 9.73. The molecule has 1 rings (SSSR count). The Labute approximate surface area is 86.9 Å². The number of hydroxylamine groups is 1. The fourth-order valence-electron chi connectivity index (χ4n) is 1.03. The van der Waals surface area contributed by atoms with E-state index in [2.05, 4.69) is 5.48 Å². The number of ether oxygens (including phenoxy) is 1. The van der Waals surface area contributed by atoms with Gasteiger partial charge in [-0.15, -0.1) is 0 Å². The minimum absolute atomic E-state index is 0.118. The molecular weight excluding hydrogens is 200 g/mol. The molecule has 1 N–H and O–H groups in total. The Morgan fingerprint density at radius 2 is 2.27 bits per heavy atom. The topological polar surface area (TPSA) is 73.6 Å². The monoisotopic (exact) mass is 212 g/mol. The van der Waals surface area contributed by atoms with Gasteiger partial charge in [0.05, 0.1) is 18.1 Å². The summed E-state index contributed by atoms with van der Waals surface area (Å²) in [6, 6.07) is 4.39. The van der Waals surface area contributed by atoms with E-state index >= 15 is 0 Å². The summed E-state index contributed by atoms with van der Waals surface area (Å²) in [5.41, 5.74) is 2.49. The van der Waals surface area contributed by atoms with Crippen molar-refractivity contribution in [1.82, 2.24) is 5.48 Å². The Bertz CT molecular complexity index is 354. The van der Waals surface area contributed by atoms with Gasteiger partial charge in [-0.3, -0.25) is 10.1 Å². The van der Waals surface area contributed by atoms with Gasteiger partial charge in [-0.1, -0.05) is 0 Å². The molecule has 0 amide bonds. The number of nitro groups is 1. The first-order valence-corrected chi connectivity index (χ1v) is 4.41. The molecule has 15 heavy (non-hydrogen) atoms. The number of nitrogens with zero attached hydrogens (tertiary/aromatic N) is 1. The molecule has 1 aromatic carbocycles. The lowest BCUT2D eigenvalue weighted by Crippen LogP contribution is -2.17. The van der Waals surface area contributed by atoms with Crippen molar-refractivity contribution in [2.45, 2.75) is 6.92 Å². The molecule has 0 radical (unpaired) electrons. The second-order valence-electron chi connectivity index (χ2n) is 2.69. The zero-order valence-electron chi connectivity index (χ0n) is 8.52. The largest absolute Gasteiger partial charge is 0.490 e. The quantitative estimate of drug-likeness (QED) is 0.591. The Hall–Kier alpha value is -1.82. The molecule has 0 heterocycles. The van der Waals surface area contributed by atoms with E-state index in [1.807, 2.05) is 6.92 Å². The van der Waals surface area contributed by atoms with Crippen LogP contribution in [0.4, 0.5) is 5.69 Å². The number of nitrogens with one attached hydrogen (secondary N) is 1. The summed E-state index contributed by atoms with van der Waals surface area (Å²) in [6.45, 7) is 2.47. The van der Waals surface area contributed by atoms with E-state index in [1.165, 1.54) is 19.2 Å². The van der Waals surface area contributed by atoms with Crippen molar-refractivity contribution < 1.29 is 14.5 Å².